The third-order valence-corrected chi connectivity index (χ3v) is 5.01. The fraction of sp³-hybridized carbons (Fsp3) is 0.111. The van der Waals surface area contributed by atoms with Crippen LogP contribution in [0.3, 0.4) is 0 Å². The van der Waals surface area contributed by atoms with Crippen LogP contribution in [0.2, 0.25) is 5.02 Å². The van der Waals surface area contributed by atoms with Crippen molar-refractivity contribution in [3.63, 3.8) is 0 Å². The van der Waals surface area contributed by atoms with E-state index in [0.717, 1.165) is 11.3 Å². The van der Waals surface area contributed by atoms with Crippen molar-refractivity contribution in [2.45, 2.75) is 0 Å². The van der Waals surface area contributed by atoms with E-state index in [4.69, 9.17) is 11.6 Å². The first kappa shape index (κ1) is 18.8. The molecule has 0 saturated heterocycles. The Morgan fingerprint density at radius 1 is 1.15 bits per heavy atom. The first-order chi connectivity index (χ1) is 13.0. The number of benzene rings is 2. The second-order valence-electron chi connectivity index (χ2n) is 5.50. The molecule has 0 spiro atoms. The van der Waals surface area contributed by atoms with Crippen molar-refractivity contribution >= 4 is 40.2 Å². The van der Waals surface area contributed by atoms with Gasteiger partial charge in [0, 0.05) is 36.5 Å². The average Bonchev–Trinajstić information content (AvgIpc) is 3.16. The number of hydrogen-bond donors (Lipinski definition) is 2. The standard InChI is InChI=1S/C18H15ClN4O3S/c19-15-4-2-1-3-14(15)18-22-11-16(27-18)17(24)21-10-9-20-12-5-7-13(8-6-12)23(25)26/h1-8,11,20H,9-10H2,(H,21,24). The highest BCUT2D eigenvalue weighted by molar-refractivity contribution is 7.17. The molecule has 1 heterocycles. The Bertz CT molecular complexity index is 959. The molecule has 0 radical (unpaired) electrons. The number of anilines is 1. The zero-order valence-corrected chi connectivity index (χ0v) is 15.6. The fourth-order valence-electron chi connectivity index (χ4n) is 2.31. The van der Waals surface area contributed by atoms with E-state index in [0.29, 0.717) is 28.0 Å². The van der Waals surface area contributed by atoms with Crippen molar-refractivity contribution in [3.05, 3.63) is 74.7 Å². The summed E-state index contributed by atoms with van der Waals surface area (Å²) >= 11 is 7.43. The van der Waals surface area contributed by atoms with Crippen LogP contribution in [0.25, 0.3) is 10.6 Å². The lowest BCUT2D eigenvalue weighted by molar-refractivity contribution is -0.384. The summed E-state index contributed by atoms with van der Waals surface area (Å²) in [5.41, 5.74) is 1.57. The largest absolute Gasteiger partial charge is 0.383 e. The number of non-ortho nitro benzene ring substituents is 1. The monoisotopic (exact) mass is 402 g/mol. The van der Waals surface area contributed by atoms with Gasteiger partial charge >= 0.3 is 0 Å². The summed E-state index contributed by atoms with van der Waals surface area (Å²) in [6, 6.07) is 13.4. The topological polar surface area (TPSA) is 97.2 Å². The number of nitro groups is 1. The minimum Gasteiger partial charge on any atom is -0.383 e. The van der Waals surface area contributed by atoms with Gasteiger partial charge in [-0.1, -0.05) is 29.8 Å². The molecular formula is C18H15ClN4O3S. The normalized spacial score (nSPS) is 10.4. The third kappa shape index (κ3) is 4.81. The van der Waals surface area contributed by atoms with Gasteiger partial charge in [0.15, 0.2) is 0 Å². The quantitative estimate of drug-likeness (QED) is 0.350. The molecule has 27 heavy (non-hydrogen) atoms. The van der Waals surface area contributed by atoms with Gasteiger partial charge in [-0.25, -0.2) is 4.98 Å². The van der Waals surface area contributed by atoms with Gasteiger partial charge in [0.25, 0.3) is 11.6 Å². The Labute approximate surface area is 164 Å². The van der Waals surface area contributed by atoms with Crippen molar-refractivity contribution in [1.82, 2.24) is 10.3 Å². The van der Waals surface area contributed by atoms with Crippen molar-refractivity contribution in [1.29, 1.82) is 0 Å². The molecule has 0 aliphatic heterocycles. The average molecular weight is 403 g/mol. The van der Waals surface area contributed by atoms with E-state index in [1.807, 2.05) is 18.2 Å². The maximum Gasteiger partial charge on any atom is 0.269 e. The number of nitrogens with one attached hydrogen (secondary N) is 2. The van der Waals surface area contributed by atoms with Crippen LogP contribution in [0.5, 0.6) is 0 Å². The second kappa shape index (κ2) is 8.61. The van der Waals surface area contributed by atoms with Gasteiger partial charge in [-0.15, -0.1) is 11.3 Å². The Morgan fingerprint density at radius 3 is 2.59 bits per heavy atom. The minimum absolute atomic E-state index is 0.0355. The zero-order valence-electron chi connectivity index (χ0n) is 14.0. The van der Waals surface area contributed by atoms with Crippen LogP contribution < -0.4 is 10.6 Å². The van der Waals surface area contributed by atoms with E-state index in [-0.39, 0.29) is 11.6 Å². The van der Waals surface area contributed by atoms with Crippen molar-refractivity contribution < 1.29 is 9.72 Å². The molecule has 1 aromatic heterocycles. The summed E-state index contributed by atoms with van der Waals surface area (Å²) in [7, 11) is 0. The molecule has 0 bridgehead atoms. The number of halogens is 1. The van der Waals surface area contributed by atoms with Crippen molar-refractivity contribution in [2.75, 3.05) is 18.4 Å². The van der Waals surface area contributed by atoms with E-state index in [9.17, 15) is 14.9 Å². The van der Waals surface area contributed by atoms with E-state index >= 15 is 0 Å². The van der Waals surface area contributed by atoms with Crippen molar-refractivity contribution in [2.24, 2.45) is 0 Å². The van der Waals surface area contributed by atoms with Crippen LogP contribution in [0, 0.1) is 10.1 Å². The van der Waals surface area contributed by atoms with E-state index in [1.54, 1.807) is 18.2 Å². The molecule has 0 aliphatic rings. The number of carbonyl (C=O) groups excluding carboxylic acids is 1. The second-order valence-corrected chi connectivity index (χ2v) is 6.93. The molecule has 3 rings (SSSR count). The first-order valence-corrected chi connectivity index (χ1v) is 9.21. The lowest BCUT2D eigenvalue weighted by atomic mass is 10.2. The SMILES string of the molecule is O=C(NCCNc1ccc([N+](=O)[O-])cc1)c1cnc(-c2ccccc2Cl)s1. The van der Waals surface area contributed by atoms with Gasteiger partial charge in [-0.3, -0.25) is 14.9 Å². The van der Waals surface area contributed by atoms with E-state index in [2.05, 4.69) is 15.6 Å². The Morgan fingerprint density at radius 2 is 1.89 bits per heavy atom. The van der Waals surface area contributed by atoms with Gasteiger partial charge in [0.2, 0.25) is 0 Å². The Kier molecular flexibility index (Phi) is 6.00. The van der Waals surface area contributed by atoms with Crippen LogP contribution in [0.1, 0.15) is 9.67 Å². The molecule has 0 fully saturated rings. The number of hydrogen-bond acceptors (Lipinski definition) is 6. The number of aromatic nitrogens is 1. The number of nitrogens with zero attached hydrogens (tertiary/aromatic N) is 2. The summed E-state index contributed by atoms with van der Waals surface area (Å²) < 4.78 is 0. The highest BCUT2D eigenvalue weighted by Gasteiger charge is 2.13. The molecule has 3 aromatic rings. The molecule has 0 aliphatic carbocycles. The molecule has 0 atom stereocenters. The maximum absolute atomic E-state index is 12.2. The van der Waals surface area contributed by atoms with Crippen LogP contribution in [-0.4, -0.2) is 28.9 Å². The first-order valence-electron chi connectivity index (χ1n) is 8.02. The number of carbonyl (C=O) groups is 1. The molecule has 9 heteroatoms. The molecule has 2 N–H and O–H groups in total. The van der Waals surface area contributed by atoms with Crippen LogP contribution in [0.15, 0.2) is 54.7 Å². The predicted octanol–water partition coefficient (Wildman–Crippen LogP) is 4.21. The lowest BCUT2D eigenvalue weighted by Crippen LogP contribution is -2.28. The summed E-state index contributed by atoms with van der Waals surface area (Å²) in [4.78, 5) is 27.2. The lowest BCUT2D eigenvalue weighted by Gasteiger charge is -2.07. The van der Waals surface area contributed by atoms with Gasteiger partial charge in [-0.2, -0.15) is 0 Å². The molecule has 7 nitrogen and oxygen atoms in total. The smallest absolute Gasteiger partial charge is 0.269 e. The number of nitro benzene ring substituents is 1. The molecule has 0 unspecified atom stereocenters. The molecular weight excluding hydrogens is 388 g/mol. The summed E-state index contributed by atoms with van der Waals surface area (Å²) in [6.07, 6.45) is 1.53. The number of thiazole rings is 1. The van der Waals surface area contributed by atoms with Crippen LogP contribution in [0.4, 0.5) is 11.4 Å². The van der Waals surface area contributed by atoms with Gasteiger partial charge in [-0.05, 0) is 18.2 Å². The third-order valence-electron chi connectivity index (χ3n) is 3.65. The summed E-state index contributed by atoms with van der Waals surface area (Å²) in [6.45, 7) is 0.884. The van der Waals surface area contributed by atoms with Crippen LogP contribution >= 0.6 is 22.9 Å². The Balaban J connectivity index is 1.50. The molecule has 138 valence electrons. The highest BCUT2D eigenvalue weighted by Crippen LogP contribution is 2.30. The summed E-state index contributed by atoms with van der Waals surface area (Å²) in [5, 5.41) is 17.8. The molecule has 1 amide bonds. The number of rotatable bonds is 7. The highest BCUT2D eigenvalue weighted by atomic mass is 35.5. The van der Waals surface area contributed by atoms with Crippen molar-refractivity contribution in [3.8, 4) is 10.6 Å². The summed E-state index contributed by atoms with van der Waals surface area (Å²) in [5.74, 6) is -0.212. The Hall–Kier alpha value is -2.97. The van der Waals surface area contributed by atoms with Gasteiger partial charge in [0.1, 0.15) is 9.88 Å². The van der Waals surface area contributed by atoms with Crippen LogP contribution in [-0.2, 0) is 0 Å². The predicted molar refractivity (Wildman–Crippen MR) is 106 cm³/mol. The van der Waals surface area contributed by atoms with Gasteiger partial charge < -0.3 is 10.6 Å². The minimum atomic E-state index is -0.448. The zero-order chi connectivity index (χ0) is 19.2. The van der Waals surface area contributed by atoms with Gasteiger partial charge in [0.05, 0.1) is 16.1 Å². The number of amides is 1. The van der Waals surface area contributed by atoms with E-state index < -0.39 is 4.92 Å². The maximum atomic E-state index is 12.2. The van der Waals surface area contributed by atoms with E-state index in [1.165, 1.54) is 29.7 Å². The fourth-order valence-corrected chi connectivity index (χ4v) is 3.46. The molecule has 2 aromatic carbocycles. The molecule has 0 saturated carbocycles.